The maximum Gasteiger partial charge on any atom is 0.258 e. The normalized spacial score (nSPS) is 17.2. The van der Waals surface area contributed by atoms with Crippen molar-refractivity contribution in [2.24, 2.45) is 0 Å². The van der Waals surface area contributed by atoms with Gasteiger partial charge in [0.15, 0.2) is 11.5 Å². The van der Waals surface area contributed by atoms with Gasteiger partial charge in [0.1, 0.15) is 11.9 Å². The molecule has 0 bridgehead atoms. The summed E-state index contributed by atoms with van der Waals surface area (Å²) in [4.78, 5) is 6.75. The number of hydrogen-bond acceptors (Lipinski definition) is 8. The number of aromatic hydroxyl groups is 1. The van der Waals surface area contributed by atoms with Crippen molar-refractivity contribution in [3.05, 3.63) is 53.9 Å². The fraction of sp³-hybridized carbons (Fsp3) is 0.333. The summed E-state index contributed by atoms with van der Waals surface area (Å²) in [6.45, 7) is 2.67. The Hall–Kier alpha value is -3.10. The number of nitrogens with zero attached hydrogens (tertiary/aromatic N) is 3. The van der Waals surface area contributed by atoms with Crippen LogP contribution >= 0.6 is 0 Å². The van der Waals surface area contributed by atoms with Gasteiger partial charge in [0.2, 0.25) is 5.82 Å². The van der Waals surface area contributed by atoms with Crippen molar-refractivity contribution in [3.8, 4) is 28.7 Å². The van der Waals surface area contributed by atoms with E-state index in [2.05, 4.69) is 15.0 Å². The average Bonchev–Trinajstić information content (AvgIpc) is 3.24. The van der Waals surface area contributed by atoms with Crippen LogP contribution in [0.5, 0.6) is 17.2 Å². The molecular formula is C21H23N3O5. The molecule has 0 saturated carbocycles. The van der Waals surface area contributed by atoms with Crippen molar-refractivity contribution in [3.63, 3.8) is 0 Å². The van der Waals surface area contributed by atoms with Gasteiger partial charge in [-0.1, -0.05) is 11.2 Å². The largest absolute Gasteiger partial charge is 0.504 e. The number of rotatable bonds is 6. The molecule has 1 aromatic heterocycles. The van der Waals surface area contributed by atoms with Crippen LogP contribution < -0.4 is 9.47 Å². The molecule has 0 spiro atoms. The van der Waals surface area contributed by atoms with E-state index in [0.717, 1.165) is 23.4 Å². The quantitative estimate of drug-likeness (QED) is 0.679. The number of hydrogen-bond donors (Lipinski definition) is 1. The molecule has 29 heavy (non-hydrogen) atoms. The van der Waals surface area contributed by atoms with E-state index in [1.165, 1.54) is 7.11 Å². The minimum absolute atomic E-state index is 0.136. The Morgan fingerprint density at radius 2 is 1.97 bits per heavy atom. The van der Waals surface area contributed by atoms with Gasteiger partial charge >= 0.3 is 0 Å². The van der Waals surface area contributed by atoms with Crippen molar-refractivity contribution in [1.82, 2.24) is 15.0 Å². The molecule has 4 rings (SSSR count). The van der Waals surface area contributed by atoms with E-state index >= 15 is 0 Å². The third-order valence-electron chi connectivity index (χ3n) is 4.87. The number of benzene rings is 2. The number of ether oxygens (including phenoxy) is 3. The molecule has 8 heteroatoms. The maximum atomic E-state index is 9.99. The Kier molecular flexibility index (Phi) is 5.64. The lowest BCUT2D eigenvalue weighted by Gasteiger charge is -2.31. The van der Waals surface area contributed by atoms with Crippen LogP contribution in [0.15, 0.2) is 47.0 Å². The topological polar surface area (TPSA) is 90.1 Å². The minimum atomic E-state index is -0.272. The SMILES string of the molecule is COc1ccc(-c2nc(C3CN(Cc4ccc(OC)c(O)c4)CCO3)no2)cc1. The van der Waals surface area contributed by atoms with Crippen LogP contribution in [0.3, 0.4) is 0 Å². The Balaban J connectivity index is 1.43. The molecule has 0 aliphatic carbocycles. The van der Waals surface area contributed by atoms with Gasteiger partial charge in [-0.25, -0.2) is 0 Å². The van der Waals surface area contributed by atoms with E-state index in [4.69, 9.17) is 18.7 Å². The smallest absolute Gasteiger partial charge is 0.258 e. The molecule has 1 aliphatic rings. The first kappa shape index (κ1) is 19.2. The minimum Gasteiger partial charge on any atom is -0.504 e. The van der Waals surface area contributed by atoms with Gasteiger partial charge in [0, 0.05) is 25.2 Å². The third kappa shape index (κ3) is 4.33. The molecule has 1 atom stereocenters. The standard InChI is InChI=1S/C21H23N3O5/c1-26-16-6-4-15(5-7-16)21-22-20(23-29-21)19-13-24(9-10-28-19)12-14-3-8-18(27-2)17(25)11-14/h3-8,11,19,25H,9-10,12-13H2,1-2H3. The van der Waals surface area contributed by atoms with Crippen molar-refractivity contribution >= 4 is 0 Å². The Labute approximate surface area is 168 Å². The van der Waals surface area contributed by atoms with Gasteiger partial charge in [-0.15, -0.1) is 0 Å². The van der Waals surface area contributed by atoms with Crippen molar-refractivity contribution in [2.45, 2.75) is 12.6 Å². The van der Waals surface area contributed by atoms with Crippen LogP contribution in [-0.4, -0.2) is 54.1 Å². The van der Waals surface area contributed by atoms with Crippen molar-refractivity contribution < 1.29 is 23.8 Å². The molecule has 0 amide bonds. The zero-order valence-electron chi connectivity index (χ0n) is 16.4. The molecule has 2 aromatic carbocycles. The lowest BCUT2D eigenvalue weighted by atomic mass is 10.1. The highest BCUT2D eigenvalue weighted by Crippen LogP contribution is 2.29. The molecule has 2 heterocycles. The van der Waals surface area contributed by atoms with Crippen LogP contribution in [0.2, 0.25) is 0 Å². The Bertz CT molecular complexity index is 957. The molecule has 1 unspecified atom stereocenters. The summed E-state index contributed by atoms with van der Waals surface area (Å²) in [5, 5.41) is 14.1. The molecule has 3 aromatic rings. The highest BCUT2D eigenvalue weighted by molar-refractivity contribution is 5.54. The monoisotopic (exact) mass is 397 g/mol. The summed E-state index contributed by atoms with van der Waals surface area (Å²) in [5.74, 6) is 2.34. The van der Waals surface area contributed by atoms with E-state index in [9.17, 15) is 5.11 Å². The number of methoxy groups -OCH3 is 2. The highest BCUT2D eigenvalue weighted by atomic mass is 16.5. The molecule has 1 aliphatic heterocycles. The summed E-state index contributed by atoms with van der Waals surface area (Å²) < 4.78 is 21.6. The lowest BCUT2D eigenvalue weighted by Crippen LogP contribution is -2.38. The number of phenolic OH excluding ortho intramolecular Hbond substituents is 1. The Morgan fingerprint density at radius 3 is 2.69 bits per heavy atom. The van der Waals surface area contributed by atoms with E-state index in [0.29, 0.717) is 37.2 Å². The molecule has 8 nitrogen and oxygen atoms in total. The van der Waals surface area contributed by atoms with E-state index in [-0.39, 0.29) is 11.9 Å². The fourth-order valence-corrected chi connectivity index (χ4v) is 3.31. The second-order valence-electron chi connectivity index (χ2n) is 6.79. The second kappa shape index (κ2) is 8.50. The predicted octanol–water partition coefficient (Wildman–Crippen LogP) is 3.03. The lowest BCUT2D eigenvalue weighted by molar-refractivity contribution is -0.0380. The van der Waals surface area contributed by atoms with Crippen LogP contribution in [0.1, 0.15) is 17.5 Å². The van der Waals surface area contributed by atoms with Crippen LogP contribution in [0.25, 0.3) is 11.5 Å². The molecule has 1 N–H and O–H groups in total. The zero-order valence-corrected chi connectivity index (χ0v) is 16.4. The molecular weight excluding hydrogens is 374 g/mol. The highest BCUT2D eigenvalue weighted by Gasteiger charge is 2.26. The first-order valence-corrected chi connectivity index (χ1v) is 9.34. The van der Waals surface area contributed by atoms with Gasteiger partial charge in [-0.05, 0) is 42.0 Å². The van der Waals surface area contributed by atoms with Gasteiger partial charge in [0.05, 0.1) is 20.8 Å². The summed E-state index contributed by atoms with van der Waals surface area (Å²) >= 11 is 0. The summed E-state index contributed by atoms with van der Waals surface area (Å²) in [5.41, 5.74) is 1.82. The molecule has 1 fully saturated rings. The fourth-order valence-electron chi connectivity index (χ4n) is 3.31. The number of aromatic nitrogens is 2. The number of phenols is 1. The van der Waals surface area contributed by atoms with Crippen LogP contribution in [0.4, 0.5) is 0 Å². The van der Waals surface area contributed by atoms with E-state index in [1.807, 2.05) is 30.3 Å². The van der Waals surface area contributed by atoms with Crippen molar-refractivity contribution in [2.75, 3.05) is 33.9 Å². The molecule has 0 radical (unpaired) electrons. The molecule has 1 saturated heterocycles. The second-order valence-corrected chi connectivity index (χ2v) is 6.79. The van der Waals surface area contributed by atoms with Gasteiger partial charge in [0.25, 0.3) is 5.89 Å². The van der Waals surface area contributed by atoms with E-state index in [1.54, 1.807) is 19.2 Å². The van der Waals surface area contributed by atoms with Crippen LogP contribution in [0, 0.1) is 0 Å². The third-order valence-corrected chi connectivity index (χ3v) is 4.87. The maximum absolute atomic E-state index is 9.99. The summed E-state index contributed by atoms with van der Waals surface area (Å²) in [6, 6.07) is 12.9. The van der Waals surface area contributed by atoms with Crippen molar-refractivity contribution in [1.29, 1.82) is 0 Å². The van der Waals surface area contributed by atoms with E-state index < -0.39 is 0 Å². The van der Waals surface area contributed by atoms with Gasteiger partial charge < -0.3 is 23.8 Å². The number of morpholine rings is 1. The first-order valence-electron chi connectivity index (χ1n) is 9.34. The zero-order chi connectivity index (χ0) is 20.2. The van der Waals surface area contributed by atoms with Crippen LogP contribution in [-0.2, 0) is 11.3 Å². The predicted molar refractivity (Wildman–Crippen MR) is 105 cm³/mol. The average molecular weight is 397 g/mol. The van der Waals surface area contributed by atoms with Gasteiger partial charge in [-0.2, -0.15) is 4.98 Å². The molecule has 152 valence electrons. The summed E-state index contributed by atoms with van der Waals surface area (Å²) in [6.07, 6.45) is -0.272. The first-order chi connectivity index (χ1) is 14.2. The summed E-state index contributed by atoms with van der Waals surface area (Å²) in [7, 11) is 3.16. The van der Waals surface area contributed by atoms with Gasteiger partial charge in [-0.3, -0.25) is 4.90 Å². The Morgan fingerprint density at radius 1 is 1.14 bits per heavy atom.